The number of urea groups is 1. The fourth-order valence-electron chi connectivity index (χ4n) is 1.63. The zero-order valence-corrected chi connectivity index (χ0v) is 13.6. The lowest BCUT2D eigenvalue weighted by atomic mass is 10.3. The van der Waals surface area contributed by atoms with E-state index in [1.807, 2.05) is 12.1 Å². The molecule has 0 heterocycles. The van der Waals surface area contributed by atoms with Crippen LogP contribution in [0.15, 0.2) is 48.5 Å². The van der Waals surface area contributed by atoms with Gasteiger partial charge in [0.1, 0.15) is 5.82 Å². The van der Waals surface area contributed by atoms with Crippen molar-refractivity contribution in [1.82, 2.24) is 5.32 Å². The molecule has 0 saturated carbocycles. The van der Waals surface area contributed by atoms with Crippen LogP contribution in [0.3, 0.4) is 0 Å². The first-order valence-corrected chi connectivity index (χ1v) is 7.47. The van der Waals surface area contributed by atoms with Crippen LogP contribution in [-0.2, 0) is 4.79 Å². The van der Waals surface area contributed by atoms with Gasteiger partial charge < -0.3 is 16.0 Å². The Kier molecular flexibility index (Phi) is 5.70. The van der Waals surface area contributed by atoms with E-state index in [0.29, 0.717) is 11.4 Å². The maximum Gasteiger partial charge on any atom is 0.319 e. The molecule has 0 unspecified atom stereocenters. The molecule has 0 aromatic heterocycles. The second kappa shape index (κ2) is 7.74. The number of amides is 3. The Bertz CT molecular complexity index is 677. The van der Waals surface area contributed by atoms with Crippen molar-refractivity contribution in [2.45, 2.75) is 0 Å². The quantitative estimate of drug-likeness (QED) is 0.674. The van der Waals surface area contributed by atoms with E-state index in [-0.39, 0.29) is 12.4 Å². The molecule has 0 radical (unpaired) electrons. The normalized spacial score (nSPS) is 9.91. The third kappa shape index (κ3) is 4.99. The number of nitrogens with one attached hydrogen (secondary N) is 3. The molecule has 0 bridgehead atoms. The molecule has 2 aromatic carbocycles. The number of rotatable bonds is 4. The van der Waals surface area contributed by atoms with Gasteiger partial charge in [-0.3, -0.25) is 4.79 Å². The van der Waals surface area contributed by atoms with Crippen LogP contribution < -0.4 is 16.0 Å². The third-order valence-corrected chi connectivity index (χ3v) is 3.60. The van der Waals surface area contributed by atoms with Gasteiger partial charge in [0, 0.05) is 9.26 Å². The Hall–Kier alpha value is -2.16. The standard InChI is InChI=1S/C15H13FIN3O2/c16-10-5-7-11(8-6-10)19-14(21)9-18-15(22)20-13-4-2-1-3-12(13)17/h1-8H,9H2,(H,19,21)(H2,18,20,22). The van der Waals surface area contributed by atoms with E-state index in [4.69, 9.17) is 0 Å². The molecule has 22 heavy (non-hydrogen) atoms. The summed E-state index contributed by atoms with van der Waals surface area (Å²) >= 11 is 2.10. The van der Waals surface area contributed by atoms with E-state index in [9.17, 15) is 14.0 Å². The molecule has 0 atom stereocenters. The first kappa shape index (κ1) is 16.2. The first-order valence-electron chi connectivity index (χ1n) is 6.39. The largest absolute Gasteiger partial charge is 0.329 e. The van der Waals surface area contributed by atoms with E-state index in [1.165, 1.54) is 24.3 Å². The number of hydrogen-bond acceptors (Lipinski definition) is 2. The second-order valence-electron chi connectivity index (χ2n) is 4.34. The summed E-state index contributed by atoms with van der Waals surface area (Å²) in [4.78, 5) is 23.4. The summed E-state index contributed by atoms with van der Waals surface area (Å²) in [6.45, 7) is -0.188. The highest BCUT2D eigenvalue weighted by Gasteiger charge is 2.07. The van der Waals surface area contributed by atoms with Gasteiger partial charge >= 0.3 is 6.03 Å². The molecule has 3 N–H and O–H groups in total. The summed E-state index contributed by atoms with van der Waals surface area (Å²) in [5.74, 6) is -0.780. The summed E-state index contributed by atoms with van der Waals surface area (Å²) in [6.07, 6.45) is 0. The van der Waals surface area contributed by atoms with Crippen LogP contribution in [-0.4, -0.2) is 18.5 Å². The summed E-state index contributed by atoms with van der Waals surface area (Å²) in [7, 11) is 0. The van der Waals surface area contributed by atoms with Gasteiger partial charge in [0.2, 0.25) is 5.91 Å². The maximum atomic E-state index is 12.7. The second-order valence-corrected chi connectivity index (χ2v) is 5.50. The highest BCUT2D eigenvalue weighted by atomic mass is 127. The lowest BCUT2D eigenvalue weighted by Gasteiger charge is -2.09. The number of halogens is 2. The predicted octanol–water partition coefficient (Wildman–Crippen LogP) is 3.19. The van der Waals surface area contributed by atoms with Crippen molar-refractivity contribution in [3.05, 3.63) is 57.9 Å². The number of para-hydroxylation sites is 1. The lowest BCUT2D eigenvalue weighted by Crippen LogP contribution is -2.35. The van der Waals surface area contributed by atoms with Gasteiger partial charge in [-0.05, 0) is 59.0 Å². The monoisotopic (exact) mass is 413 g/mol. The fraction of sp³-hybridized carbons (Fsp3) is 0.0667. The Labute approximate surface area is 140 Å². The SMILES string of the molecule is O=C(CNC(=O)Nc1ccccc1I)Nc1ccc(F)cc1. The van der Waals surface area contributed by atoms with Crippen LogP contribution in [0.2, 0.25) is 0 Å². The molecule has 0 spiro atoms. The number of hydrogen-bond donors (Lipinski definition) is 3. The van der Waals surface area contributed by atoms with Gasteiger partial charge in [-0.15, -0.1) is 0 Å². The van der Waals surface area contributed by atoms with Gasteiger partial charge in [0.05, 0.1) is 12.2 Å². The lowest BCUT2D eigenvalue weighted by molar-refractivity contribution is -0.115. The molecule has 0 saturated heterocycles. The molecular formula is C15H13FIN3O2. The molecule has 114 valence electrons. The van der Waals surface area contributed by atoms with Crippen molar-refractivity contribution in [2.24, 2.45) is 0 Å². The van der Waals surface area contributed by atoms with E-state index >= 15 is 0 Å². The summed E-state index contributed by atoms with van der Waals surface area (Å²) in [6, 6.07) is 12.2. The Morgan fingerprint density at radius 2 is 1.68 bits per heavy atom. The zero-order chi connectivity index (χ0) is 15.9. The maximum absolute atomic E-state index is 12.7. The summed E-state index contributed by atoms with van der Waals surface area (Å²) < 4.78 is 13.6. The molecular weight excluding hydrogens is 400 g/mol. The molecule has 7 heteroatoms. The van der Waals surface area contributed by atoms with Gasteiger partial charge in [0.25, 0.3) is 0 Å². The molecule has 0 aliphatic carbocycles. The Balaban J connectivity index is 1.79. The third-order valence-electron chi connectivity index (χ3n) is 2.66. The molecule has 2 aromatic rings. The topological polar surface area (TPSA) is 70.2 Å². The van der Waals surface area contributed by atoms with Crippen LogP contribution in [0.4, 0.5) is 20.6 Å². The van der Waals surface area contributed by atoms with Crippen LogP contribution in [0, 0.1) is 9.39 Å². The van der Waals surface area contributed by atoms with E-state index < -0.39 is 11.9 Å². The highest BCUT2D eigenvalue weighted by molar-refractivity contribution is 14.1. The molecule has 0 fully saturated rings. The molecule has 2 rings (SSSR count). The zero-order valence-electron chi connectivity index (χ0n) is 11.4. The molecule has 3 amide bonds. The van der Waals surface area contributed by atoms with Crippen molar-refractivity contribution in [3.8, 4) is 0 Å². The van der Waals surface area contributed by atoms with Crippen molar-refractivity contribution in [1.29, 1.82) is 0 Å². The van der Waals surface area contributed by atoms with Gasteiger partial charge in [0.15, 0.2) is 0 Å². The van der Waals surface area contributed by atoms with Crippen LogP contribution in [0.1, 0.15) is 0 Å². The van der Waals surface area contributed by atoms with Crippen molar-refractivity contribution in [3.63, 3.8) is 0 Å². The smallest absolute Gasteiger partial charge is 0.319 e. The summed E-state index contributed by atoms with van der Waals surface area (Å²) in [5.41, 5.74) is 1.13. The number of benzene rings is 2. The van der Waals surface area contributed by atoms with E-state index in [1.54, 1.807) is 12.1 Å². The van der Waals surface area contributed by atoms with Crippen LogP contribution in [0.5, 0.6) is 0 Å². The fourth-order valence-corrected chi connectivity index (χ4v) is 2.15. The van der Waals surface area contributed by atoms with Crippen LogP contribution >= 0.6 is 22.6 Å². The van der Waals surface area contributed by atoms with Crippen molar-refractivity contribution < 1.29 is 14.0 Å². The number of anilines is 2. The van der Waals surface area contributed by atoms with E-state index in [0.717, 1.165) is 3.57 Å². The van der Waals surface area contributed by atoms with Crippen LogP contribution in [0.25, 0.3) is 0 Å². The average molecular weight is 413 g/mol. The minimum atomic E-state index is -0.474. The minimum absolute atomic E-state index is 0.188. The highest BCUT2D eigenvalue weighted by Crippen LogP contribution is 2.16. The Morgan fingerprint density at radius 3 is 2.36 bits per heavy atom. The first-order chi connectivity index (χ1) is 10.5. The van der Waals surface area contributed by atoms with Crippen molar-refractivity contribution >= 4 is 45.9 Å². The van der Waals surface area contributed by atoms with Gasteiger partial charge in [-0.1, -0.05) is 12.1 Å². The molecule has 0 aliphatic rings. The summed E-state index contributed by atoms with van der Waals surface area (Å²) in [5, 5.41) is 7.65. The average Bonchev–Trinajstić information content (AvgIpc) is 2.50. The number of carbonyl (C=O) groups is 2. The predicted molar refractivity (Wildman–Crippen MR) is 91.2 cm³/mol. The van der Waals surface area contributed by atoms with E-state index in [2.05, 4.69) is 38.5 Å². The molecule has 5 nitrogen and oxygen atoms in total. The van der Waals surface area contributed by atoms with Gasteiger partial charge in [-0.25, -0.2) is 9.18 Å². The minimum Gasteiger partial charge on any atom is -0.329 e. The molecule has 0 aliphatic heterocycles. The van der Waals surface area contributed by atoms with Gasteiger partial charge in [-0.2, -0.15) is 0 Å². The van der Waals surface area contributed by atoms with Crippen molar-refractivity contribution in [2.75, 3.05) is 17.2 Å². The number of carbonyl (C=O) groups excluding carboxylic acids is 2. The Morgan fingerprint density at radius 1 is 1.00 bits per heavy atom.